The molecule has 0 aliphatic carbocycles. The second-order valence-electron chi connectivity index (χ2n) is 3.10. The van der Waals surface area contributed by atoms with Gasteiger partial charge in [0, 0.05) is 6.42 Å². The van der Waals surface area contributed by atoms with Crippen LogP contribution in [-0.4, -0.2) is 11.0 Å². The fourth-order valence-electron chi connectivity index (χ4n) is 1.17. The van der Waals surface area contributed by atoms with Crippen molar-refractivity contribution in [2.45, 2.75) is 18.7 Å². The Kier molecular flexibility index (Phi) is 1.84. The Bertz CT molecular complexity index is 256. The van der Waals surface area contributed by atoms with Crippen molar-refractivity contribution in [3.63, 3.8) is 0 Å². The average Bonchev–Trinajstić information content (AvgIpc) is 2.84. The quantitative estimate of drug-likeness (QED) is 0.566. The van der Waals surface area contributed by atoms with Crippen molar-refractivity contribution in [1.29, 1.82) is 0 Å². The Hall–Kier alpha value is -0.900. The van der Waals surface area contributed by atoms with Gasteiger partial charge in [-0.2, -0.15) is 0 Å². The zero-order valence-electron chi connectivity index (χ0n) is 6.75. The van der Waals surface area contributed by atoms with Gasteiger partial charge < -0.3 is 5.11 Å². The first-order chi connectivity index (χ1) is 5.79. The molecule has 0 bridgehead atoms. The maximum Gasteiger partial charge on any atom is 0.197 e. The number of nitrogens with one attached hydrogen (secondary N) is 2. The smallest absolute Gasteiger partial charge is 0.197 e. The Morgan fingerprint density at radius 1 is 1.17 bits per heavy atom. The van der Waals surface area contributed by atoms with E-state index in [1.54, 1.807) is 0 Å². The van der Waals surface area contributed by atoms with Gasteiger partial charge in [-0.05, 0) is 12.0 Å². The zero-order chi connectivity index (χ0) is 8.44. The summed E-state index contributed by atoms with van der Waals surface area (Å²) in [6, 6.07) is 10.1. The molecule has 1 aromatic carbocycles. The fourth-order valence-corrected chi connectivity index (χ4v) is 1.17. The van der Waals surface area contributed by atoms with E-state index >= 15 is 0 Å². The van der Waals surface area contributed by atoms with Crippen LogP contribution in [0.4, 0.5) is 0 Å². The molecule has 3 heteroatoms. The molecule has 1 saturated heterocycles. The summed E-state index contributed by atoms with van der Waals surface area (Å²) in [4.78, 5) is 0. The molecule has 1 heterocycles. The van der Waals surface area contributed by atoms with Crippen LogP contribution in [0.2, 0.25) is 0 Å². The molecule has 0 aromatic heterocycles. The fraction of sp³-hybridized carbons (Fsp3) is 0.333. The molecule has 12 heavy (non-hydrogen) atoms. The van der Waals surface area contributed by atoms with Crippen LogP contribution >= 0.6 is 0 Å². The maximum atomic E-state index is 9.37. The molecule has 0 spiro atoms. The molecule has 1 aromatic rings. The second-order valence-corrected chi connectivity index (χ2v) is 3.10. The third kappa shape index (κ3) is 1.82. The number of hydrazine groups is 1. The molecule has 1 fully saturated rings. The Morgan fingerprint density at radius 3 is 2.42 bits per heavy atom. The highest BCUT2D eigenvalue weighted by molar-refractivity contribution is 5.15. The lowest BCUT2D eigenvalue weighted by molar-refractivity contribution is 0.123. The van der Waals surface area contributed by atoms with E-state index < -0.39 is 5.85 Å². The third-order valence-corrected chi connectivity index (χ3v) is 2.03. The number of aliphatic hydroxyl groups is 1. The molecule has 0 amide bonds. The number of hydrogen-bond acceptors (Lipinski definition) is 3. The van der Waals surface area contributed by atoms with Gasteiger partial charge in [-0.1, -0.05) is 30.3 Å². The lowest BCUT2D eigenvalue weighted by atomic mass is 10.1. The van der Waals surface area contributed by atoms with Crippen molar-refractivity contribution in [2.75, 3.05) is 0 Å². The first kappa shape index (κ1) is 7.73. The number of benzene rings is 1. The van der Waals surface area contributed by atoms with Crippen molar-refractivity contribution < 1.29 is 5.11 Å². The summed E-state index contributed by atoms with van der Waals surface area (Å²) in [6.45, 7) is 0. The van der Waals surface area contributed by atoms with Crippen molar-refractivity contribution in [3.8, 4) is 0 Å². The Labute approximate surface area is 71.4 Å². The summed E-state index contributed by atoms with van der Waals surface area (Å²) in [5.41, 5.74) is 6.62. The summed E-state index contributed by atoms with van der Waals surface area (Å²) in [7, 11) is 0. The minimum Gasteiger partial charge on any atom is -0.361 e. The van der Waals surface area contributed by atoms with E-state index in [-0.39, 0.29) is 0 Å². The number of rotatable bonds is 3. The largest absolute Gasteiger partial charge is 0.361 e. The molecule has 2 rings (SSSR count). The van der Waals surface area contributed by atoms with Crippen molar-refractivity contribution in [2.24, 2.45) is 0 Å². The molecule has 3 nitrogen and oxygen atoms in total. The van der Waals surface area contributed by atoms with Crippen LogP contribution in [0.3, 0.4) is 0 Å². The molecule has 0 radical (unpaired) electrons. The summed E-state index contributed by atoms with van der Waals surface area (Å²) in [5.74, 6) is -0.796. The predicted molar refractivity (Wildman–Crippen MR) is 46.0 cm³/mol. The monoisotopic (exact) mass is 164 g/mol. The van der Waals surface area contributed by atoms with Gasteiger partial charge >= 0.3 is 0 Å². The summed E-state index contributed by atoms with van der Waals surface area (Å²) in [5, 5.41) is 9.37. The molecule has 0 atom stereocenters. The summed E-state index contributed by atoms with van der Waals surface area (Å²) in [6.07, 6.45) is 1.59. The highest BCUT2D eigenvalue weighted by Gasteiger charge is 2.38. The van der Waals surface area contributed by atoms with Gasteiger partial charge in [0.15, 0.2) is 5.85 Å². The lowest BCUT2D eigenvalue weighted by Gasteiger charge is -2.03. The van der Waals surface area contributed by atoms with Gasteiger partial charge in [-0.3, -0.25) is 0 Å². The van der Waals surface area contributed by atoms with E-state index in [2.05, 4.69) is 23.0 Å². The molecule has 0 unspecified atom stereocenters. The van der Waals surface area contributed by atoms with Crippen LogP contribution in [0.5, 0.6) is 0 Å². The van der Waals surface area contributed by atoms with Gasteiger partial charge in [0.2, 0.25) is 0 Å². The van der Waals surface area contributed by atoms with Gasteiger partial charge in [-0.15, -0.1) is 0 Å². The standard InChI is InChI=1S/C9H12N2O/c12-9(10-11-9)7-6-8-4-2-1-3-5-8/h1-5,10-12H,6-7H2. The SMILES string of the molecule is OC1(CCc2ccccc2)NN1. The molecule has 0 saturated carbocycles. The van der Waals surface area contributed by atoms with Crippen molar-refractivity contribution >= 4 is 0 Å². The predicted octanol–water partition coefficient (Wildman–Crippen LogP) is 0.373. The Morgan fingerprint density at radius 2 is 1.83 bits per heavy atom. The van der Waals surface area contributed by atoms with Crippen LogP contribution in [0.15, 0.2) is 30.3 Å². The lowest BCUT2D eigenvalue weighted by Crippen LogP contribution is -2.16. The van der Waals surface area contributed by atoms with E-state index in [0.717, 1.165) is 6.42 Å². The first-order valence-electron chi connectivity index (χ1n) is 4.09. The van der Waals surface area contributed by atoms with Crippen LogP contribution in [0.25, 0.3) is 0 Å². The highest BCUT2D eigenvalue weighted by Crippen LogP contribution is 2.14. The van der Waals surface area contributed by atoms with Crippen LogP contribution in [0, 0.1) is 0 Å². The maximum absolute atomic E-state index is 9.37. The van der Waals surface area contributed by atoms with Crippen LogP contribution in [-0.2, 0) is 6.42 Å². The van der Waals surface area contributed by atoms with E-state index in [0.29, 0.717) is 6.42 Å². The first-order valence-corrected chi connectivity index (χ1v) is 4.09. The van der Waals surface area contributed by atoms with Crippen molar-refractivity contribution in [3.05, 3.63) is 35.9 Å². The van der Waals surface area contributed by atoms with Crippen LogP contribution in [0.1, 0.15) is 12.0 Å². The normalized spacial score (nSPS) is 19.1. The topological polar surface area (TPSA) is 64.1 Å². The summed E-state index contributed by atoms with van der Waals surface area (Å²) < 4.78 is 0. The van der Waals surface area contributed by atoms with E-state index in [1.165, 1.54) is 5.56 Å². The molecule has 1 aliphatic rings. The van der Waals surface area contributed by atoms with Gasteiger partial charge in [0.25, 0.3) is 0 Å². The number of hydrogen-bond donors (Lipinski definition) is 3. The van der Waals surface area contributed by atoms with Crippen molar-refractivity contribution in [1.82, 2.24) is 10.9 Å². The molecule has 3 N–H and O–H groups in total. The molecular weight excluding hydrogens is 152 g/mol. The zero-order valence-corrected chi connectivity index (χ0v) is 6.75. The third-order valence-electron chi connectivity index (χ3n) is 2.03. The molecule has 64 valence electrons. The highest BCUT2D eigenvalue weighted by atomic mass is 16.4. The van der Waals surface area contributed by atoms with E-state index in [4.69, 9.17) is 0 Å². The summed E-state index contributed by atoms with van der Waals surface area (Å²) >= 11 is 0. The molecule has 1 aliphatic heterocycles. The van der Waals surface area contributed by atoms with E-state index in [9.17, 15) is 5.11 Å². The van der Waals surface area contributed by atoms with Gasteiger partial charge in [0.05, 0.1) is 0 Å². The second kappa shape index (κ2) is 2.86. The Balaban J connectivity index is 1.88. The van der Waals surface area contributed by atoms with E-state index in [1.807, 2.05) is 18.2 Å². The minimum absolute atomic E-state index is 0.705. The van der Waals surface area contributed by atoms with Gasteiger partial charge in [0.1, 0.15) is 0 Å². The minimum atomic E-state index is -0.796. The van der Waals surface area contributed by atoms with Gasteiger partial charge in [-0.25, -0.2) is 10.9 Å². The average molecular weight is 164 g/mol. The number of aryl methyl sites for hydroxylation is 1. The van der Waals surface area contributed by atoms with Crippen LogP contribution < -0.4 is 10.9 Å². The molecular formula is C9H12N2O.